The SMILES string of the molecule is CC1(CNC(=O)c2cc(N)cc(S(C)(=O)=O)c2)CCCS1. The first-order chi connectivity index (χ1) is 9.70. The zero-order chi connectivity index (χ0) is 15.7. The number of nitrogens with two attached hydrogens (primary N) is 1. The summed E-state index contributed by atoms with van der Waals surface area (Å²) in [6, 6.07) is 4.22. The van der Waals surface area contributed by atoms with Gasteiger partial charge in [-0.15, -0.1) is 0 Å². The molecule has 1 amide bonds. The van der Waals surface area contributed by atoms with Crippen LogP contribution in [-0.4, -0.2) is 37.6 Å². The third kappa shape index (κ3) is 4.14. The average molecular weight is 328 g/mol. The molecule has 0 radical (unpaired) electrons. The van der Waals surface area contributed by atoms with Crippen molar-refractivity contribution in [2.24, 2.45) is 0 Å². The lowest BCUT2D eigenvalue weighted by atomic mass is 10.1. The average Bonchev–Trinajstić information content (AvgIpc) is 2.82. The Labute approximate surface area is 129 Å². The lowest BCUT2D eigenvalue weighted by Gasteiger charge is -2.22. The Balaban J connectivity index is 2.14. The highest BCUT2D eigenvalue weighted by Gasteiger charge is 2.29. The number of benzene rings is 1. The second-order valence-corrected chi connectivity index (χ2v) is 9.35. The fraction of sp³-hybridized carbons (Fsp3) is 0.500. The van der Waals surface area contributed by atoms with Crippen molar-refractivity contribution < 1.29 is 13.2 Å². The van der Waals surface area contributed by atoms with Crippen LogP contribution in [0.1, 0.15) is 30.1 Å². The number of carbonyl (C=O) groups excluding carboxylic acids is 1. The predicted molar refractivity (Wildman–Crippen MR) is 86.4 cm³/mol. The zero-order valence-electron chi connectivity index (χ0n) is 12.2. The standard InChI is InChI=1S/C14H20N2O3S2/c1-14(4-3-5-20-14)9-16-13(17)10-6-11(15)8-12(7-10)21(2,18)19/h6-8H,3-5,9,15H2,1-2H3,(H,16,17). The summed E-state index contributed by atoms with van der Waals surface area (Å²) in [4.78, 5) is 12.3. The van der Waals surface area contributed by atoms with Crippen molar-refractivity contribution in [3.63, 3.8) is 0 Å². The lowest BCUT2D eigenvalue weighted by Crippen LogP contribution is -2.36. The monoisotopic (exact) mass is 328 g/mol. The van der Waals surface area contributed by atoms with Gasteiger partial charge in [0.05, 0.1) is 4.90 Å². The summed E-state index contributed by atoms with van der Waals surface area (Å²) in [6.07, 6.45) is 3.33. The summed E-state index contributed by atoms with van der Waals surface area (Å²) >= 11 is 1.86. The zero-order valence-corrected chi connectivity index (χ0v) is 13.8. The number of hydrogen-bond donors (Lipinski definition) is 2. The fourth-order valence-corrected chi connectivity index (χ4v) is 4.25. The van der Waals surface area contributed by atoms with Crippen molar-refractivity contribution in [1.82, 2.24) is 5.32 Å². The molecule has 1 fully saturated rings. The molecule has 2 rings (SSSR count). The van der Waals surface area contributed by atoms with Gasteiger partial charge in [-0.05, 0) is 43.7 Å². The van der Waals surface area contributed by atoms with Crippen LogP contribution in [0, 0.1) is 0 Å². The third-order valence-electron chi connectivity index (χ3n) is 3.54. The van der Waals surface area contributed by atoms with Crippen LogP contribution in [-0.2, 0) is 9.84 Å². The van der Waals surface area contributed by atoms with Crippen LogP contribution in [0.3, 0.4) is 0 Å². The van der Waals surface area contributed by atoms with E-state index in [1.165, 1.54) is 18.2 Å². The number of thioether (sulfide) groups is 1. The molecule has 0 bridgehead atoms. The number of amides is 1. The van der Waals surface area contributed by atoms with E-state index in [0.29, 0.717) is 6.54 Å². The van der Waals surface area contributed by atoms with E-state index in [4.69, 9.17) is 5.73 Å². The Hall–Kier alpha value is -1.21. The number of sulfone groups is 1. The highest BCUT2D eigenvalue weighted by Crippen LogP contribution is 2.37. The first kappa shape index (κ1) is 16.2. The molecule has 1 saturated heterocycles. The van der Waals surface area contributed by atoms with Gasteiger partial charge < -0.3 is 11.1 Å². The van der Waals surface area contributed by atoms with Crippen molar-refractivity contribution in [3.8, 4) is 0 Å². The van der Waals surface area contributed by atoms with Gasteiger partial charge in [-0.1, -0.05) is 0 Å². The van der Waals surface area contributed by atoms with E-state index in [9.17, 15) is 13.2 Å². The van der Waals surface area contributed by atoms with E-state index in [1.54, 1.807) is 0 Å². The van der Waals surface area contributed by atoms with E-state index in [-0.39, 0.29) is 26.8 Å². The van der Waals surface area contributed by atoms with Crippen LogP contribution >= 0.6 is 11.8 Å². The molecule has 1 unspecified atom stereocenters. The molecule has 7 heteroatoms. The summed E-state index contributed by atoms with van der Waals surface area (Å²) < 4.78 is 23.2. The van der Waals surface area contributed by atoms with Crippen LogP contribution in [0.5, 0.6) is 0 Å². The lowest BCUT2D eigenvalue weighted by molar-refractivity contribution is 0.0950. The fourth-order valence-electron chi connectivity index (χ4n) is 2.31. The predicted octanol–water partition coefficient (Wildman–Crippen LogP) is 1.69. The van der Waals surface area contributed by atoms with Gasteiger partial charge in [-0.25, -0.2) is 8.42 Å². The van der Waals surface area contributed by atoms with Crippen LogP contribution in [0.25, 0.3) is 0 Å². The number of nitrogen functional groups attached to an aromatic ring is 1. The van der Waals surface area contributed by atoms with Gasteiger partial charge >= 0.3 is 0 Å². The Kier molecular flexibility index (Phi) is 4.53. The number of rotatable bonds is 4. The van der Waals surface area contributed by atoms with E-state index in [2.05, 4.69) is 12.2 Å². The summed E-state index contributed by atoms with van der Waals surface area (Å²) in [5.74, 6) is 0.823. The van der Waals surface area contributed by atoms with Crippen LogP contribution in [0.2, 0.25) is 0 Å². The van der Waals surface area contributed by atoms with Gasteiger partial charge in [0.25, 0.3) is 5.91 Å². The molecular weight excluding hydrogens is 308 g/mol. The molecule has 3 N–H and O–H groups in total. The van der Waals surface area contributed by atoms with Crippen LogP contribution in [0.15, 0.2) is 23.1 Å². The molecule has 0 aliphatic carbocycles. The molecule has 0 aromatic heterocycles. The van der Waals surface area contributed by atoms with E-state index in [1.807, 2.05) is 11.8 Å². The van der Waals surface area contributed by atoms with E-state index in [0.717, 1.165) is 24.9 Å². The van der Waals surface area contributed by atoms with Crippen molar-refractivity contribution in [1.29, 1.82) is 0 Å². The van der Waals surface area contributed by atoms with Crippen molar-refractivity contribution in [2.75, 3.05) is 24.3 Å². The highest BCUT2D eigenvalue weighted by molar-refractivity contribution is 8.00. The summed E-state index contributed by atoms with van der Waals surface area (Å²) in [5, 5.41) is 2.88. The van der Waals surface area contributed by atoms with Crippen molar-refractivity contribution in [3.05, 3.63) is 23.8 Å². The molecule has 21 heavy (non-hydrogen) atoms. The number of hydrogen-bond acceptors (Lipinski definition) is 5. The summed E-state index contributed by atoms with van der Waals surface area (Å²) in [6.45, 7) is 2.70. The first-order valence-corrected chi connectivity index (χ1v) is 9.60. The summed E-state index contributed by atoms with van der Waals surface area (Å²) in [5.41, 5.74) is 6.24. The highest BCUT2D eigenvalue weighted by atomic mass is 32.2. The minimum absolute atomic E-state index is 0.0640. The van der Waals surface area contributed by atoms with Gasteiger partial charge in [0, 0.05) is 28.8 Å². The molecule has 116 valence electrons. The second-order valence-electron chi connectivity index (χ2n) is 5.65. The van der Waals surface area contributed by atoms with Gasteiger partial charge in [-0.3, -0.25) is 4.79 Å². The van der Waals surface area contributed by atoms with Gasteiger partial charge in [0.2, 0.25) is 0 Å². The minimum Gasteiger partial charge on any atom is -0.399 e. The van der Waals surface area contributed by atoms with Crippen molar-refractivity contribution in [2.45, 2.75) is 29.4 Å². The molecular formula is C14H20N2O3S2. The van der Waals surface area contributed by atoms with Gasteiger partial charge in [-0.2, -0.15) is 11.8 Å². The maximum atomic E-state index is 12.2. The Bertz CT molecular complexity index is 650. The van der Waals surface area contributed by atoms with E-state index >= 15 is 0 Å². The maximum absolute atomic E-state index is 12.2. The molecule has 0 spiro atoms. The number of carbonyl (C=O) groups is 1. The van der Waals surface area contributed by atoms with Gasteiger partial charge in [0.1, 0.15) is 0 Å². The Morgan fingerprint density at radius 3 is 2.71 bits per heavy atom. The third-order valence-corrected chi connectivity index (χ3v) is 6.17. The number of anilines is 1. The smallest absolute Gasteiger partial charge is 0.251 e. The maximum Gasteiger partial charge on any atom is 0.251 e. The first-order valence-electron chi connectivity index (χ1n) is 6.72. The minimum atomic E-state index is -3.39. The van der Waals surface area contributed by atoms with Crippen molar-refractivity contribution >= 4 is 33.2 Å². The van der Waals surface area contributed by atoms with Gasteiger partial charge in [0.15, 0.2) is 9.84 Å². The van der Waals surface area contributed by atoms with Crippen LogP contribution in [0.4, 0.5) is 5.69 Å². The molecule has 5 nitrogen and oxygen atoms in total. The molecule has 1 atom stereocenters. The molecule has 1 aliphatic rings. The number of nitrogens with one attached hydrogen (secondary N) is 1. The molecule has 1 aliphatic heterocycles. The molecule has 1 aromatic carbocycles. The molecule has 1 aromatic rings. The Morgan fingerprint density at radius 1 is 1.43 bits per heavy atom. The Morgan fingerprint density at radius 2 is 2.14 bits per heavy atom. The topological polar surface area (TPSA) is 89.3 Å². The summed E-state index contributed by atoms with van der Waals surface area (Å²) in [7, 11) is -3.39. The van der Waals surface area contributed by atoms with E-state index < -0.39 is 9.84 Å². The quantitative estimate of drug-likeness (QED) is 0.821. The van der Waals surface area contributed by atoms with Crippen LogP contribution < -0.4 is 11.1 Å². The largest absolute Gasteiger partial charge is 0.399 e. The second kappa shape index (κ2) is 5.88. The molecule has 0 saturated carbocycles. The molecule has 1 heterocycles. The normalized spacial score (nSPS) is 22.2.